The monoisotopic (exact) mass is 449 g/mol. The minimum atomic E-state index is -0.571. The molecule has 3 aromatic carbocycles. The maximum absolute atomic E-state index is 13.9. The lowest BCUT2D eigenvalue weighted by molar-refractivity contribution is 0.254. The van der Waals surface area contributed by atoms with Crippen LogP contribution in [0.4, 0.5) is 16.2 Å². The van der Waals surface area contributed by atoms with Crippen molar-refractivity contribution in [1.82, 2.24) is 0 Å². The van der Waals surface area contributed by atoms with Gasteiger partial charge in [-0.25, -0.2) is 4.79 Å². The van der Waals surface area contributed by atoms with E-state index in [2.05, 4.69) is 19.9 Å². The molecule has 0 radical (unpaired) electrons. The third-order valence-corrected chi connectivity index (χ3v) is 6.50. The molecular formula is C25H21Cl2N3O. The number of amides is 2. The minimum Gasteiger partial charge on any atom is -0.286 e. The van der Waals surface area contributed by atoms with Gasteiger partial charge in [-0.1, -0.05) is 42.3 Å². The second-order valence-corrected chi connectivity index (χ2v) is 8.66. The third kappa shape index (κ3) is 3.65. The van der Waals surface area contributed by atoms with Crippen molar-refractivity contribution in [1.29, 1.82) is 5.26 Å². The lowest BCUT2D eigenvalue weighted by Crippen LogP contribution is -2.45. The summed E-state index contributed by atoms with van der Waals surface area (Å²) in [6.45, 7) is 4.15. The van der Waals surface area contributed by atoms with Crippen molar-refractivity contribution in [3.63, 3.8) is 0 Å². The number of nitrogens with zero attached hydrogens (tertiary/aromatic N) is 3. The van der Waals surface area contributed by atoms with Crippen LogP contribution in [0.25, 0.3) is 0 Å². The fraction of sp³-hybridized carbons (Fsp3) is 0.200. The predicted molar refractivity (Wildman–Crippen MR) is 126 cm³/mol. The summed E-state index contributed by atoms with van der Waals surface area (Å²) in [6.07, 6.45) is 0.701. The maximum atomic E-state index is 13.9. The molecule has 1 saturated heterocycles. The Bertz CT molecular complexity index is 1150. The molecule has 3 aromatic rings. The number of carbonyl (C=O) groups is 1. The molecule has 1 heterocycles. The highest BCUT2D eigenvalue weighted by Crippen LogP contribution is 2.49. The van der Waals surface area contributed by atoms with Crippen molar-refractivity contribution in [3.05, 3.63) is 94.0 Å². The molecule has 4 rings (SSSR count). The molecule has 4 nitrogen and oxygen atoms in total. The van der Waals surface area contributed by atoms with Crippen molar-refractivity contribution < 1.29 is 4.79 Å². The number of halogens is 2. The van der Waals surface area contributed by atoms with Crippen LogP contribution in [0.2, 0.25) is 10.0 Å². The fourth-order valence-corrected chi connectivity index (χ4v) is 4.58. The number of urea groups is 1. The van der Waals surface area contributed by atoms with Crippen molar-refractivity contribution in [2.24, 2.45) is 0 Å². The van der Waals surface area contributed by atoms with Gasteiger partial charge in [0.25, 0.3) is 0 Å². The van der Waals surface area contributed by atoms with Gasteiger partial charge in [-0.05, 0) is 79.6 Å². The van der Waals surface area contributed by atoms with Gasteiger partial charge >= 0.3 is 6.03 Å². The van der Waals surface area contributed by atoms with Gasteiger partial charge < -0.3 is 0 Å². The quantitative estimate of drug-likeness (QED) is 0.421. The molecule has 2 amide bonds. The molecule has 0 bridgehead atoms. The third-order valence-electron chi connectivity index (χ3n) is 5.99. The van der Waals surface area contributed by atoms with Crippen molar-refractivity contribution >= 4 is 40.6 Å². The first-order valence-electron chi connectivity index (χ1n) is 10.0. The van der Waals surface area contributed by atoms with Crippen LogP contribution in [0.5, 0.6) is 0 Å². The van der Waals surface area contributed by atoms with Crippen LogP contribution < -0.4 is 9.80 Å². The minimum absolute atomic E-state index is 0.138. The van der Waals surface area contributed by atoms with Crippen LogP contribution in [0.1, 0.15) is 37.4 Å². The van der Waals surface area contributed by atoms with Gasteiger partial charge in [-0.2, -0.15) is 5.26 Å². The summed E-state index contributed by atoms with van der Waals surface area (Å²) in [5.41, 5.74) is 2.42. The molecule has 1 aliphatic rings. The fourth-order valence-electron chi connectivity index (χ4n) is 4.33. The molecule has 0 aromatic heterocycles. The summed E-state index contributed by atoms with van der Waals surface area (Å²) in [4.78, 5) is 17.5. The number of hydrogen-bond acceptors (Lipinski definition) is 2. The second kappa shape index (κ2) is 8.26. The number of carbonyl (C=O) groups excluding carboxylic acids is 1. The summed E-state index contributed by atoms with van der Waals surface area (Å²) >= 11 is 12.2. The first-order valence-corrected chi connectivity index (χ1v) is 10.8. The normalized spacial score (nSPS) is 20.7. The van der Waals surface area contributed by atoms with E-state index in [-0.39, 0.29) is 12.1 Å². The Morgan fingerprint density at radius 1 is 0.968 bits per heavy atom. The highest BCUT2D eigenvalue weighted by molar-refractivity contribution is 6.31. The average Bonchev–Trinajstić information content (AvgIpc) is 3.02. The maximum Gasteiger partial charge on any atom is 0.330 e. The summed E-state index contributed by atoms with van der Waals surface area (Å²) in [5, 5.41) is 10.7. The van der Waals surface area contributed by atoms with E-state index in [0.29, 0.717) is 22.0 Å². The molecule has 156 valence electrons. The zero-order chi connectivity index (χ0) is 22.2. The van der Waals surface area contributed by atoms with E-state index in [1.54, 1.807) is 35.2 Å². The van der Waals surface area contributed by atoms with Crippen LogP contribution in [0, 0.1) is 11.3 Å². The van der Waals surface area contributed by atoms with Gasteiger partial charge in [-0.15, -0.1) is 0 Å². The molecule has 0 unspecified atom stereocenters. The van der Waals surface area contributed by atoms with Crippen molar-refractivity contribution in [2.75, 3.05) is 9.80 Å². The number of rotatable bonds is 4. The Labute approximate surface area is 192 Å². The van der Waals surface area contributed by atoms with Gasteiger partial charge in [0.15, 0.2) is 0 Å². The number of hydrogen-bond donors (Lipinski definition) is 0. The van der Waals surface area contributed by atoms with E-state index in [1.807, 2.05) is 47.4 Å². The highest BCUT2D eigenvalue weighted by atomic mass is 35.5. The number of benzene rings is 3. The van der Waals surface area contributed by atoms with Gasteiger partial charge in [0, 0.05) is 21.4 Å². The van der Waals surface area contributed by atoms with Gasteiger partial charge in [0.05, 0.1) is 23.2 Å². The summed E-state index contributed by atoms with van der Waals surface area (Å²) in [5.74, 6) is 0. The Morgan fingerprint density at radius 3 is 2.10 bits per heavy atom. The molecule has 6 heteroatoms. The Hall–Kier alpha value is -3.00. The largest absolute Gasteiger partial charge is 0.330 e. The first kappa shape index (κ1) is 21.2. The summed E-state index contributed by atoms with van der Waals surface area (Å²) in [7, 11) is 0. The molecule has 1 aliphatic heterocycles. The molecular weight excluding hydrogens is 429 g/mol. The molecule has 0 aliphatic carbocycles. The molecule has 0 spiro atoms. The second-order valence-electron chi connectivity index (χ2n) is 7.79. The molecule has 1 fully saturated rings. The van der Waals surface area contributed by atoms with Crippen LogP contribution in [-0.4, -0.2) is 11.6 Å². The van der Waals surface area contributed by atoms with Gasteiger partial charge in [-0.3, -0.25) is 9.80 Å². The Morgan fingerprint density at radius 2 is 1.55 bits per heavy atom. The highest BCUT2D eigenvalue weighted by Gasteiger charge is 2.55. The van der Waals surface area contributed by atoms with E-state index in [0.717, 1.165) is 16.9 Å². The molecule has 31 heavy (non-hydrogen) atoms. The van der Waals surface area contributed by atoms with Gasteiger partial charge in [0.2, 0.25) is 0 Å². The Balaban J connectivity index is 1.94. The zero-order valence-corrected chi connectivity index (χ0v) is 18.7. The SMILES string of the molecule is CC[C@@]1(C)[C@@H](c2cccc(C#N)c2)N(c2ccc(Cl)cc2)C(=O)N1c1ccc(Cl)cc1. The van der Waals surface area contributed by atoms with Crippen molar-refractivity contribution in [3.8, 4) is 6.07 Å². The smallest absolute Gasteiger partial charge is 0.286 e. The van der Waals surface area contributed by atoms with E-state index in [9.17, 15) is 10.1 Å². The van der Waals surface area contributed by atoms with E-state index in [1.165, 1.54) is 0 Å². The topological polar surface area (TPSA) is 47.3 Å². The van der Waals surface area contributed by atoms with Crippen LogP contribution in [-0.2, 0) is 0 Å². The molecule has 0 saturated carbocycles. The van der Waals surface area contributed by atoms with Gasteiger partial charge in [0.1, 0.15) is 0 Å². The van der Waals surface area contributed by atoms with Crippen LogP contribution >= 0.6 is 23.2 Å². The lowest BCUT2D eigenvalue weighted by Gasteiger charge is -2.38. The summed E-state index contributed by atoms with van der Waals surface area (Å²) < 4.78 is 0. The molecule has 2 atom stereocenters. The van der Waals surface area contributed by atoms with Crippen molar-refractivity contribution in [2.45, 2.75) is 31.8 Å². The standard InChI is InChI=1S/C25H21Cl2N3O/c1-3-25(2)23(18-6-4-5-17(15-18)16-28)29(21-11-7-19(26)8-12-21)24(31)30(25)22-13-9-20(27)10-14-22/h4-15,23H,3H2,1-2H3/t23-,25+/m1/s1. The van der Waals surface area contributed by atoms with Crippen LogP contribution in [0.3, 0.4) is 0 Å². The lowest BCUT2D eigenvalue weighted by atomic mass is 9.83. The predicted octanol–water partition coefficient (Wildman–Crippen LogP) is 7.22. The number of anilines is 2. The Kier molecular flexibility index (Phi) is 5.66. The van der Waals surface area contributed by atoms with Crippen LogP contribution in [0.15, 0.2) is 72.8 Å². The molecule has 0 N–H and O–H groups in total. The van der Waals surface area contributed by atoms with E-state index >= 15 is 0 Å². The van der Waals surface area contributed by atoms with E-state index in [4.69, 9.17) is 23.2 Å². The summed E-state index contributed by atoms with van der Waals surface area (Å²) in [6, 6.07) is 23.8. The number of nitriles is 1. The van der Waals surface area contributed by atoms with E-state index < -0.39 is 5.54 Å². The zero-order valence-electron chi connectivity index (χ0n) is 17.2. The first-order chi connectivity index (χ1) is 14.9. The average molecular weight is 450 g/mol.